The Morgan fingerprint density at radius 3 is 2.79 bits per heavy atom. The average molecular weight is 196 g/mol. The van der Waals surface area contributed by atoms with Gasteiger partial charge in [-0.1, -0.05) is 6.92 Å². The minimum atomic E-state index is 0.507. The van der Waals surface area contributed by atoms with E-state index in [9.17, 15) is 0 Å². The fraction of sp³-hybridized carbons (Fsp3) is 0.636. The first-order valence-corrected chi connectivity index (χ1v) is 5.11. The lowest BCUT2D eigenvalue weighted by Gasteiger charge is -2.21. The van der Waals surface area contributed by atoms with Crippen molar-refractivity contribution in [1.82, 2.24) is 10.2 Å². The summed E-state index contributed by atoms with van der Waals surface area (Å²) in [6, 6.07) is 2.53. The molecule has 0 fully saturated rings. The summed E-state index contributed by atoms with van der Waals surface area (Å²) in [6.45, 7) is 4.20. The first-order valence-electron chi connectivity index (χ1n) is 5.11. The van der Waals surface area contributed by atoms with Gasteiger partial charge in [-0.25, -0.2) is 0 Å². The Morgan fingerprint density at radius 2 is 2.29 bits per heavy atom. The lowest BCUT2D eigenvalue weighted by Crippen LogP contribution is -2.39. The highest BCUT2D eigenvalue weighted by molar-refractivity contribution is 5.07. The molecular formula is C11H20N2O. The van der Waals surface area contributed by atoms with Crippen molar-refractivity contribution in [1.29, 1.82) is 0 Å². The number of hydrogen-bond donors (Lipinski definition) is 1. The van der Waals surface area contributed by atoms with Crippen LogP contribution in [0.15, 0.2) is 23.0 Å². The molecule has 0 bridgehead atoms. The summed E-state index contributed by atoms with van der Waals surface area (Å²) >= 11 is 0. The average Bonchev–Trinajstić information content (AvgIpc) is 2.56. The van der Waals surface area contributed by atoms with E-state index in [0.717, 1.165) is 19.5 Å². The van der Waals surface area contributed by atoms with Crippen molar-refractivity contribution in [2.45, 2.75) is 19.4 Å². The third-order valence-corrected chi connectivity index (χ3v) is 2.14. The first kappa shape index (κ1) is 11.3. The SMILES string of the molecule is CCNC(Cc1ccoc1)CN(C)C. The van der Waals surface area contributed by atoms with E-state index in [1.165, 1.54) is 5.56 Å². The number of nitrogens with zero attached hydrogens (tertiary/aromatic N) is 1. The molecule has 0 spiro atoms. The number of likely N-dealkylation sites (N-methyl/N-ethyl adjacent to an activating group) is 2. The van der Waals surface area contributed by atoms with Gasteiger partial charge >= 0.3 is 0 Å². The molecular weight excluding hydrogens is 176 g/mol. The third-order valence-electron chi connectivity index (χ3n) is 2.14. The van der Waals surface area contributed by atoms with E-state index in [-0.39, 0.29) is 0 Å². The lowest BCUT2D eigenvalue weighted by atomic mass is 10.1. The molecule has 0 radical (unpaired) electrons. The second-order valence-electron chi connectivity index (χ2n) is 3.85. The molecule has 0 aliphatic rings. The summed E-state index contributed by atoms with van der Waals surface area (Å²) in [7, 11) is 4.19. The van der Waals surface area contributed by atoms with Crippen LogP contribution in [0.2, 0.25) is 0 Å². The van der Waals surface area contributed by atoms with Gasteiger partial charge in [0.25, 0.3) is 0 Å². The third kappa shape index (κ3) is 3.94. The normalized spacial score (nSPS) is 13.4. The molecule has 0 saturated carbocycles. The molecule has 1 aromatic heterocycles. The number of hydrogen-bond acceptors (Lipinski definition) is 3. The van der Waals surface area contributed by atoms with E-state index in [1.807, 2.05) is 12.3 Å². The molecule has 3 heteroatoms. The van der Waals surface area contributed by atoms with Gasteiger partial charge in [0.15, 0.2) is 0 Å². The molecule has 0 saturated heterocycles. The van der Waals surface area contributed by atoms with Crippen LogP contribution in [0.1, 0.15) is 12.5 Å². The Hall–Kier alpha value is -0.800. The Labute approximate surface area is 86.1 Å². The van der Waals surface area contributed by atoms with E-state index in [1.54, 1.807) is 6.26 Å². The Morgan fingerprint density at radius 1 is 1.50 bits per heavy atom. The Balaban J connectivity index is 2.42. The molecule has 80 valence electrons. The van der Waals surface area contributed by atoms with Gasteiger partial charge in [-0.15, -0.1) is 0 Å². The molecule has 0 aromatic carbocycles. The van der Waals surface area contributed by atoms with Crippen LogP contribution in [-0.4, -0.2) is 38.1 Å². The molecule has 1 heterocycles. The van der Waals surface area contributed by atoms with Crippen molar-refractivity contribution >= 4 is 0 Å². The van der Waals surface area contributed by atoms with Crippen molar-refractivity contribution in [3.05, 3.63) is 24.2 Å². The van der Waals surface area contributed by atoms with Crippen LogP contribution in [0, 0.1) is 0 Å². The van der Waals surface area contributed by atoms with Gasteiger partial charge < -0.3 is 14.6 Å². The summed E-state index contributed by atoms with van der Waals surface area (Å²) in [5, 5.41) is 3.47. The van der Waals surface area contributed by atoms with Gasteiger partial charge in [0.1, 0.15) is 0 Å². The maximum atomic E-state index is 5.06. The fourth-order valence-electron chi connectivity index (χ4n) is 1.62. The van der Waals surface area contributed by atoms with Crippen molar-refractivity contribution in [3.63, 3.8) is 0 Å². The second-order valence-corrected chi connectivity index (χ2v) is 3.85. The molecule has 0 aliphatic carbocycles. The van der Waals surface area contributed by atoms with E-state index in [2.05, 4.69) is 31.2 Å². The van der Waals surface area contributed by atoms with Gasteiger partial charge in [-0.05, 0) is 38.7 Å². The minimum Gasteiger partial charge on any atom is -0.472 e. The fourth-order valence-corrected chi connectivity index (χ4v) is 1.62. The maximum absolute atomic E-state index is 5.06. The van der Waals surface area contributed by atoms with Crippen molar-refractivity contribution in [2.24, 2.45) is 0 Å². The topological polar surface area (TPSA) is 28.4 Å². The Bertz CT molecular complexity index is 231. The first-order chi connectivity index (χ1) is 6.72. The van der Waals surface area contributed by atoms with Crippen LogP contribution in [0.3, 0.4) is 0 Å². The highest BCUT2D eigenvalue weighted by atomic mass is 16.3. The maximum Gasteiger partial charge on any atom is 0.0935 e. The van der Waals surface area contributed by atoms with E-state index < -0.39 is 0 Å². The van der Waals surface area contributed by atoms with Gasteiger partial charge in [0.05, 0.1) is 12.5 Å². The molecule has 3 nitrogen and oxygen atoms in total. The van der Waals surface area contributed by atoms with Gasteiger partial charge in [0.2, 0.25) is 0 Å². The molecule has 1 N–H and O–H groups in total. The minimum absolute atomic E-state index is 0.507. The molecule has 14 heavy (non-hydrogen) atoms. The molecule has 0 amide bonds. The van der Waals surface area contributed by atoms with Crippen LogP contribution < -0.4 is 5.32 Å². The summed E-state index contributed by atoms with van der Waals surface area (Å²) in [5.74, 6) is 0. The standard InChI is InChI=1S/C11H20N2O/c1-4-12-11(8-13(2)3)7-10-5-6-14-9-10/h5-6,9,11-12H,4,7-8H2,1-3H3. The zero-order valence-electron chi connectivity index (χ0n) is 9.29. The predicted molar refractivity (Wildman–Crippen MR) is 58.4 cm³/mol. The number of nitrogens with one attached hydrogen (secondary N) is 1. The highest BCUT2D eigenvalue weighted by Gasteiger charge is 2.09. The lowest BCUT2D eigenvalue weighted by molar-refractivity contribution is 0.338. The van der Waals surface area contributed by atoms with E-state index in [0.29, 0.717) is 6.04 Å². The van der Waals surface area contributed by atoms with Crippen molar-refractivity contribution in [2.75, 3.05) is 27.2 Å². The quantitative estimate of drug-likeness (QED) is 0.744. The molecule has 1 unspecified atom stereocenters. The van der Waals surface area contributed by atoms with E-state index in [4.69, 9.17) is 4.42 Å². The van der Waals surface area contributed by atoms with Gasteiger partial charge in [-0.3, -0.25) is 0 Å². The summed E-state index contributed by atoms with van der Waals surface area (Å²) in [6.07, 6.45) is 4.58. The largest absolute Gasteiger partial charge is 0.472 e. The smallest absolute Gasteiger partial charge is 0.0935 e. The van der Waals surface area contributed by atoms with Gasteiger partial charge in [0, 0.05) is 12.6 Å². The van der Waals surface area contributed by atoms with Gasteiger partial charge in [-0.2, -0.15) is 0 Å². The number of furan rings is 1. The summed E-state index contributed by atoms with van der Waals surface area (Å²) in [4.78, 5) is 2.20. The highest BCUT2D eigenvalue weighted by Crippen LogP contribution is 2.04. The Kier molecular flexibility index (Phi) is 4.70. The predicted octanol–water partition coefficient (Wildman–Crippen LogP) is 1.36. The monoisotopic (exact) mass is 196 g/mol. The molecule has 1 atom stereocenters. The molecule has 0 aliphatic heterocycles. The number of rotatable bonds is 6. The molecule has 1 rings (SSSR count). The zero-order chi connectivity index (χ0) is 10.4. The van der Waals surface area contributed by atoms with Crippen molar-refractivity contribution in [3.8, 4) is 0 Å². The van der Waals surface area contributed by atoms with Crippen LogP contribution in [0.25, 0.3) is 0 Å². The summed E-state index contributed by atoms with van der Waals surface area (Å²) in [5.41, 5.74) is 1.26. The molecule has 1 aromatic rings. The van der Waals surface area contributed by atoms with Crippen LogP contribution in [0.4, 0.5) is 0 Å². The van der Waals surface area contributed by atoms with Crippen molar-refractivity contribution < 1.29 is 4.42 Å². The van der Waals surface area contributed by atoms with Crippen LogP contribution in [0.5, 0.6) is 0 Å². The summed E-state index contributed by atoms with van der Waals surface area (Å²) < 4.78 is 5.06. The van der Waals surface area contributed by atoms with E-state index >= 15 is 0 Å². The van der Waals surface area contributed by atoms with Crippen LogP contribution in [-0.2, 0) is 6.42 Å². The second kappa shape index (κ2) is 5.83. The zero-order valence-corrected chi connectivity index (χ0v) is 9.29. The van der Waals surface area contributed by atoms with Crippen LogP contribution >= 0.6 is 0 Å².